The molecule has 0 fully saturated rings. The van der Waals surface area contributed by atoms with Crippen LogP contribution in [0.15, 0.2) is 29.2 Å². The molecule has 0 radical (unpaired) electrons. The SMILES string of the molecule is COc1ccc(S(=O)(=O)N(C)Cl)cc1. The van der Waals surface area contributed by atoms with Crippen LogP contribution in [0.3, 0.4) is 0 Å². The third-order valence-electron chi connectivity index (χ3n) is 1.69. The van der Waals surface area contributed by atoms with E-state index in [0.717, 1.165) is 0 Å². The summed E-state index contributed by atoms with van der Waals surface area (Å²) in [5.74, 6) is 0.598. The molecule has 6 heteroatoms. The molecule has 0 aliphatic heterocycles. The summed E-state index contributed by atoms with van der Waals surface area (Å²) in [7, 11) is -0.783. The lowest BCUT2D eigenvalue weighted by molar-refractivity contribution is 0.414. The van der Waals surface area contributed by atoms with Gasteiger partial charge in [0, 0.05) is 7.05 Å². The fraction of sp³-hybridized carbons (Fsp3) is 0.250. The number of hydrogen-bond donors (Lipinski definition) is 0. The van der Waals surface area contributed by atoms with Gasteiger partial charge in [0.15, 0.2) is 0 Å². The van der Waals surface area contributed by atoms with Crippen LogP contribution in [-0.4, -0.2) is 26.4 Å². The van der Waals surface area contributed by atoms with Crippen molar-refractivity contribution in [3.05, 3.63) is 24.3 Å². The van der Waals surface area contributed by atoms with Crippen molar-refractivity contribution in [1.29, 1.82) is 0 Å². The molecular formula is C8H10ClNO3S. The fourth-order valence-electron chi connectivity index (χ4n) is 0.893. The zero-order valence-corrected chi connectivity index (χ0v) is 9.34. The van der Waals surface area contributed by atoms with Crippen molar-refractivity contribution in [2.75, 3.05) is 14.2 Å². The fourth-order valence-corrected chi connectivity index (χ4v) is 1.90. The maximum atomic E-state index is 11.5. The van der Waals surface area contributed by atoms with Crippen molar-refractivity contribution >= 4 is 21.8 Å². The minimum atomic E-state index is -3.56. The number of halogens is 1. The second-order valence-electron chi connectivity index (χ2n) is 2.57. The number of benzene rings is 1. The van der Waals surface area contributed by atoms with Gasteiger partial charge in [-0.1, -0.05) is 0 Å². The van der Waals surface area contributed by atoms with Gasteiger partial charge in [-0.05, 0) is 36.0 Å². The number of nitrogens with zero attached hydrogens (tertiary/aromatic N) is 1. The Balaban J connectivity index is 3.10. The largest absolute Gasteiger partial charge is 0.497 e. The summed E-state index contributed by atoms with van der Waals surface area (Å²) in [6, 6.07) is 6.00. The molecule has 4 nitrogen and oxygen atoms in total. The number of methoxy groups -OCH3 is 1. The first-order valence-corrected chi connectivity index (χ1v) is 5.55. The predicted molar refractivity (Wildman–Crippen MR) is 53.8 cm³/mol. The molecule has 0 spiro atoms. The molecule has 0 saturated heterocycles. The van der Waals surface area contributed by atoms with Gasteiger partial charge in [-0.3, -0.25) is 0 Å². The Labute approximate surface area is 88.2 Å². The minimum Gasteiger partial charge on any atom is -0.497 e. The zero-order chi connectivity index (χ0) is 10.8. The van der Waals surface area contributed by atoms with Crippen molar-refractivity contribution in [2.45, 2.75) is 4.90 Å². The summed E-state index contributed by atoms with van der Waals surface area (Å²) in [5.41, 5.74) is 0. The first-order chi connectivity index (χ1) is 6.48. The Morgan fingerprint density at radius 1 is 1.29 bits per heavy atom. The minimum absolute atomic E-state index is 0.135. The van der Waals surface area contributed by atoms with Gasteiger partial charge in [-0.15, -0.1) is 3.82 Å². The van der Waals surface area contributed by atoms with Gasteiger partial charge in [0.25, 0.3) is 10.0 Å². The van der Waals surface area contributed by atoms with E-state index in [9.17, 15) is 8.42 Å². The molecule has 1 rings (SSSR count). The first kappa shape index (κ1) is 11.3. The zero-order valence-electron chi connectivity index (χ0n) is 7.77. The van der Waals surface area contributed by atoms with Crippen molar-refractivity contribution < 1.29 is 13.2 Å². The van der Waals surface area contributed by atoms with Crippen LogP contribution in [0.2, 0.25) is 0 Å². The third-order valence-corrected chi connectivity index (χ3v) is 3.76. The molecule has 0 amide bonds. The van der Waals surface area contributed by atoms with E-state index in [1.165, 1.54) is 26.3 Å². The molecule has 0 saturated carbocycles. The number of rotatable bonds is 3. The van der Waals surface area contributed by atoms with Crippen LogP contribution >= 0.6 is 11.8 Å². The average molecular weight is 236 g/mol. The molecule has 0 N–H and O–H groups in total. The van der Waals surface area contributed by atoms with Gasteiger partial charge in [0.1, 0.15) is 5.75 Å². The summed E-state index contributed by atoms with van der Waals surface area (Å²) in [4.78, 5) is 0.135. The summed E-state index contributed by atoms with van der Waals surface area (Å²) in [5, 5.41) is 0. The molecule has 0 aromatic heterocycles. The molecule has 78 valence electrons. The van der Waals surface area contributed by atoms with Gasteiger partial charge in [0.2, 0.25) is 0 Å². The van der Waals surface area contributed by atoms with E-state index in [1.54, 1.807) is 12.1 Å². The van der Waals surface area contributed by atoms with E-state index in [2.05, 4.69) is 0 Å². The molecule has 1 aromatic carbocycles. The molecule has 0 heterocycles. The van der Waals surface area contributed by atoms with Crippen LogP contribution in [0.4, 0.5) is 0 Å². The highest BCUT2D eigenvalue weighted by Crippen LogP contribution is 2.19. The lowest BCUT2D eigenvalue weighted by Crippen LogP contribution is -2.16. The van der Waals surface area contributed by atoms with Crippen molar-refractivity contribution in [3.8, 4) is 5.75 Å². The molecule has 0 unspecified atom stereocenters. The monoisotopic (exact) mass is 235 g/mol. The lowest BCUT2D eigenvalue weighted by atomic mass is 10.3. The van der Waals surface area contributed by atoms with E-state index < -0.39 is 10.0 Å². The van der Waals surface area contributed by atoms with E-state index in [0.29, 0.717) is 9.57 Å². The normalized spacial score (nSPS) is 11.7. The van der Waals surface area contributed by atoms with Gasteiger partial charge >= 0.3 is 0 Å². The van der Waals surface area contributed by atoms with E-state index in [1.807, 2.05) is 0 Å². The van der Waals surface area contributed by atoms with E-state index in [4.69, 9.17) is 16.5 Å². The van der Waals surface area contributed by atoms with Crippen LogP contribution in [0, 0.1) is 0 Å². The molecule has 0 aliphatic carbocycles. The highest BCUT2D eigenvalue weighted by Gasteiger charge is 2.18. The molecule has 14 heavy (non-hydrogen) atoms. The second kappa shape index (κ2) is 4.16. The predicted octanol–water partition coefficient (Wildman–Crippen LogP) is 1.47. The standard InChI is InChI=1S/C8H10ClNO3S/c1-10(9)14(11,12)8-5-3-7(13-2)4-6-8/h3-6H,1-2H3. The Morgan fingerprint density at radius 3 is 2.14 bits per heavy atom. The van der Waals surface area contributed by atoms with Crippen molar-refractivity contribution in [1.82, 2.24) is 3.82 Å². The van der Waals surface area contributed by atoms with E-state index >= 15 is 0 Å². The van der Waals surface area contributed by atoms with Crippen LogP contribution < -0.4 is 4.74 Å². The summed E-state index contributed by atoms with van der Waals surface area (Å²) < 4.78 is 28.5. The molecule has 1 aromatic rings. The maximum absolute atomic E-state index is 11.5. The number of sulfonamides is 1. The van der Waals surface area contributed by atoms with Crippen molar-refractivity contribution in [3.63, 3.8) is 0 Å². The lowest BCUT2D eigenvalue weighted by Gasteiger charge is -2.08. The van der Waals surface area contributed by atoms with Crippen LogP contribution in [0.5, 0.6) is 5.75 Å². The third kappa shape index (κ3) is 2.17. The number of ether oxygens (including phenoxy) is 1. The molecule has 0 bridgehead atoms. The van der Waals surface area contributed by atoms with Gasteiger partial charge < -0.3 is 4.74 Å². The molecule has 0 atom stereocenters. The topological polar surface area (TPSA) is 46.6 Å². The summed E-state index contributed by atoms with van der Waals surface area (Å²) >= 11 is 5.39. The Morgan fingerprint density at radius 2 is 1.79 bits per heavy atom. The average Bonchev–Trinajstić information content (AvgIpc) is 2.17. The van der Waals surface area contributed by atoms with E-state index in [-0.39, 0.29) is 4.90 Å². The highest BCUT2D eigenvalue weighted by atomic mass is 35.5. The maximum Gasteiger partial charge on any atom is 0.256 e. The van der Waals surface area contributed by atoms with Gasteiger partial charge in [0.05, 0.1) is 12.0 Å². The van der Waals surface area contributed by atoms with Crippen LogP contribution in [-0.2, 0) is 10.0 Å². The number of hydrogen-bond acceptors (Lipinski definition) is 3. The smallest absolute Gasteiger partial charge is 0.256 e. The van der Waals surface area contributed by atoms with Gasteiger partial charge in [-0.25, -0.2) is 8.42 Å². The second-order valence-corrected chi connectivity index (χ2v) is 5.25. The quantitative estimate of drug-likeness (QED) is 0.746. The summed E-state index contributed by atoms with van der Waals surface area (Å²) in [6.07, 6.45) is 0. The molecule has 0 aliphatic rings. The highest BCUT2D eigenvalue weighted by molar-refractivity contribution is 7.90. The Bertz CT molecular complexity index is 399. The Kier molecular flexibility index (Phi) is 3.36. The Hall–Kier alpha value is -0.780. The molecular weight excluding hydrogens is 226 g/mol. The van der Waals surface area contributed by atoms with Gasteiger partial charge in [-0.2, -0.15) is 0 Å². The van der Waals surface area contributed by atoms with Crippen molar-refractivity contribution in [2.24, 2.45) is 0 Å². The van der Waals surface area contributed by atoms with Crippen LogP contribution in [0.25, 0.3) is 0 Å². The summed E-state index contributed by atoms with van der Waals surface area (Å²) in [6.45, 7) is 0. The first-order valence-electron chi connectivity index (χ1n) is 3.77. The van der Waals surface area contributed by atoms with Crippen LogP contribution in [0.1, 0.15) is 0 Å².